The maximum absolute atomic E-state index is 12.9. The molecule has 3 rings (SSSR count). The number of sulfonamides is 1. The summed E-state index contributed by atoms with van der Waals surface area (Å²) in [5, 5.41) is 3.70. The molecule has 162 valence electrons. The number of carbonyl (C=O) groups is 1. The van der Waals surface area contributed by atoms with Crippen LogP contribution in [0.15, 0.2) is 48.5 Å². The Morgan fingerprint density at radius 1 is 1.17 bits per heavy atom. The maximum atomic E-state index is 12.9. The monoisotopic (exact) mass is 448 g/mol. The normalized spacial score (nSPS) is 18.7. The van der Waals surface area contributed by atoms with Gasteiger partial charge < -0.3 is 5.32 Å². The van der Waals surface area contributed by atoms with Crippen LogP contribution in [0.2, 0.25) is 5.02 Å². The average molecular weight is 449 g/mol. The lowest BCUT2D eigenvalue weighted by Gasteiger charge is -2.32. The Labute approximate surface area is 184 Å². The van der Waals surface area contributed by atoms with E-state index in [2.05, 4.69) is 5.32 Å². The van der Waals surface area contributed by atoms with Crippen LogP contribution >= 0.6 is 11.6 Å². The van der Waals surface area contributed by atoms with Crippen molar-refractivity contribution in [2.24, 2.45) is 5.92 Å². The molecule has 1 aliphatic rings. The van der Waals surface area contributed by atoms with Gasteiger partial charge in [-0.15, -0.1) is 0 Å². The van der Waals surface area contributed by atoms with Crippen LogP contribution in [0.4, 0.5) is 0 Å². The zero-order valence-corrected chi connectivity index (χ0v) is 19.0. The molecule has 2 atom stereocenters. The third-order valence-corrected chi connectivity index (χ3v) is 7.68. The first-order chi connectivity index (χ1) is 14.3. The van der Waals surface area contributed by atoms with Crippen molar-refractivity contribution in [1.29, 1.82) is 0 Å². The van der Waals surface area contributed by atoms with Gasteiger partial charge in [0, 0.05) is 18.1 Å². The second kappa shape index (κ2) is 9.94. The number of carbonyl (C=O) groups excluding carboxylic acids is 1. The fourth-order valence-electron chi connectivity index (χ4n) is 3.80. The molecule has 1 heterocycles. The number of benzene rings is 2. The van der Waals surface area contributed by atoms with Crippen molar-refractivity contribution < 1.29 is 13.2 Å². The summed E-state index contributed by atoms with van der Waals surface area (Å²) in [5.74, 6) is -0.494. The number of halogens is 1. The highest BCUT2D eigenvalue weighted by molar-refractivity contribution is 7.88. The lowest BCUT2D eigenvalue weighted by Crippen LogP contribution is -2.46. The summed E-state index contributed by atoms with van der Waals surface area (Å²) >= 11 is 5.89. The van der Waals surface area contributed by atoms with Crippen LogP contribution in [-0.2, 0) is 20.6 Å². The summed E-state index contributed by atoms with van der Waals surface area (Å²) in [6, 6.07) is 14.9. The van der Waals surface area contributed by atoms with Crippen molar-refractivity contribution in [3.8, 4) is 0 Å². The summed E-state index contributed by atoms with van der Waals surface area (Å²) in [6.07, 6.45) is 2.16. The fraction of sp³-hybridized carbons (Fsp3) is 0.435. The molecule has 0 unspecified atom stereocenters. The van der Waals surface area contributed by atoms with Crippen molar-refractivity contribution in [2.75, 3.05) is 13.1 Å². The second-order valence-electron chi connectivity index (χ2n) is 7.96. The van der Waals surface area contributed by atoms with Crippen molar-refractivity contribution >= 4 is 27.5 Å². The quantitative estimate of drug-likeness (QED) is 0.680. The van der Waals surface area contributed by atoms with E-state index in [9.17, 15) is 13.2 Å². The van der Waals surface area contributed by atoms with Crippen LogP contribution in [0.25, 0.3) is 0 Å². The number of nitrogens with zero attached hydrogens (tertiary/aromatic N) is 1. The molecule has 2 aromatic rings. The molecule has 1 fully saturated rings. The standard InChI is InChI=1S/C23H29ClN2O3S/c1-3-22(19-10-6-17(2)7-11-19)25-23(27)20-5-4-14-26(15-20)30(28,29)16-18-8-12-21(24)13-9-18/h6-13,20,22H,3-5,14-16H2,1-2H3,(H,25,27)/t20-,22-/m0/s1. The van der Waals surface area contributed by atoms with Crippen molar-refractivity contribution in [1.82, 2.24) is 9.62 Å². The average Bonchev–Trinajstić information content (AvgIpc) is 2.74. The number of nitrogens with one attached hydrogen (secondary N) is 1. The number of piperidine rings is 1. The van der Waals surface area contributed by atoms with E-state index < -0.39 is 10.0 Å². The molecule has 0 bridgehead atoms. The molecule has 0 spiro atoms. The summed E-state index contributed by atoms with van der Waals surface area (Å²) in [4.78, 5) is 12.9. The minimum absolute atomic E-state index is 0.0702. The predicted octanol–water partition coefficient (Wildman–Crippen LogP) is 4.46. The van der Waals surface area contributed by atoms with Gasteiger partial charge in [-0.2, -0.15) is 0 Å². The number of aryl methyl sites for hydroxylation is 1. The molecule has 5 nitrogen and oxygen atoms in total. The summed E-state index contributed by atoms with van der Waals surface area (Å²) in [5.41, 5.74) is 2.93. The molecule has 30 heavy (non-hydrogen) atoms. The smallest absolute Gasteiger partial charge is 0.224 e. The molecular weight excluding hydrogens is 420 g/mol. The van der Waals surface area contributed by atoms with Gasteiger partial charge in [0.25, 0.3) is 0 Å². The number of hydrogen-bond donors (Lipinski definition) is 1. The summed E-state index contributed by atoms with van der Waals surface area (Å²) in [6.45, 7) is 4.75. The number of rotatable bonds is 7. The molecule has 1 amide bonds. The molecule has 0 radical (unpaired) electrons. The van der Waals surface area contributed by atoms with E-state index in [4.69, 9.17) is 11.6 Å². The highest BCUT2D eigenvalue weighted by Gasteiger charge is 2.33. The molecule has 1 aliphatic heterocycles. The van der Waals surface area contributed by atoms with E-state index in [0.29, 0.717) is 30.0 Å². The molecule has 7 heteroatoms. The van der Waals surface area contributed by atoms with Crippen LogP contribution in [0.1, 0.15) is 48.9 Å². The van der Waals surface area contributed by atoms with E-state index in [1.54, 1.807) is 24.3 Å². The zero-order chi connectivity index (χ0) is 21.7. The summed E-state index contributed by atoms with van der Waals surface area (Å²) < 4.78 is 27.3. The third kappa shape index (κ3) is 5.84. The highest BCUT2D eigenvalue weighted by Crippen LogP contribution is 2.24. The lowest BCUT2D eigenvalue weighted by molar-refractivity contribution is -0.126. The Kier molecular flexibility index (Phi) is 7.55. The van der Waals surface area contributed by atoms with E-state index in [1.807, 2.05) is 38.1 Å². The Hall–Kier alpha value is -1.89. The Balaban J connectivity index is 1.64. The maximum Gasteiger partial charge on any atom is 0.224 e. The fourth-order valence-corrected chi connectivity index (χ4v) is 5.54. The Morgan fingerprint density at radius 2 is 1.83 bits per heavy atom. The predicted molar refractivity (Wildman–Crippen MR) is 121 cm³/mol. The topological polar surface area (TPSA) is 66.5 Å². The minimum Gasteiger partial charge on any atom is -0.349 e. The van der Waals surface area contributed by atoms with Crippen LogP contribution in [0.5, 0.6) is 0 Å². The van der Waals surface area contributed by atoms with Crippen LogP contribution in [0.3, 0.4) is 0 Å². The van der Waals surface area contributed by atoms with Gasteiger partial charge in [-0.05, 0) is 49.4 Å². The van der Waals surface area contributed by atoms with Gasteiger partial charge >= 0.3 is 0 Å². The van der Waals surface area contributed by atoms with Crippen LogP contribution in [0, 0.1) is 12.8 Å². The summed E-state index contributed by atoms with van der Waals surface area (Å²) in [7, 11) is -3.50. The zero-order valence-electron chi connectivity index (χ0n) is 17.5. The molecule has 2 aromatic carbocycles. The number of amides is 1. The highest BCUT2D eigenvalue weighted by atomic mass is 35.5. The first-order valence-corrected chi connectivity index (χ1v) is 12.4. The van der Waals surface area contributed by atoms with E-state index in [1.165, 1.54) is 9.87 Å². The van der Waals surface area contributed by atoms with Gasteiger partial charge in [0.05, 0.1) is 17.7 Å². The van der Waals surface area contributed by atoms with Crippen LogP contribution < -0.4 is 5.32 Å². The Bertz CT molecular complexity index is 959. The molecule has 1 N–H and O–H groups in total. The largest absolute Gasteiger partial charge is 0.349 e. The second-order valence-corrected chi connectivity index (χ2v) is 10.4. The van der Waals surface area contributed by atoms with E-state index in [0.717, 1.165) is 12.0 Å². The molecular formula is C23H29ClN2O3S. The Morgan fingerprint density at radius 3 is 2.47 bits per heavy atom. The van der Waals surface area contributed by atoms with Gasteiger partial charge in [-0.25, -0.2) is 12.7 Å². The number of hydrogen-bond acceptors (Lipinski definition) is 3. The van der Waals surface area contributed by atoms with Gasteiger partial charge in [0.2, 0.25) is 15.9 Å². The van der Waals surface area contributed by atoms with Crippen molar-refractivity contribution in [2.45, 2.75) is 44.9 Å². The first kappa shape index (κ1) is 22.8. The molecule has 0 aromatic heterocycles. The molecule has 1 saturated heterocycles. The van der Waals surface area contributed by atoms with Crippen molar-refractivity contribution in [3.63, 3.8) is 0 Å². The third-order valence-electron chi connectivity index (χ3n) is 5.62. The minimum atomic E-state index is -3.50. The van der Waals surface area contributed by atoms with Crippen molar-refractivity contribution in [3.05, 3.63) is 70.2 Å². The first-order valence-electron chi connectivity index (χ1n) is 10.4. The van der Waals surface area contributed by atoms with Gasteiger partial charge in [0.15, 0.2) is 0 Å². The SMILES string of the molecule is CC[C@H](NC(=O)[C@H]1CCCN(S(=O)(=O)Cc2ccc(Cl)cc2)C1)c1ccc(C)cc1. The van der Waals surface area contributed by atoms with Gasteiger partial charge in [0.1, 0.15) is 0 Å². The van der Waals surface area contributed by atoms with Gasteiger partial charge in [-0.1, -0.05) is 60.5 Å². The van der Waals surface area contributed by atoms with E-state index >= 15 is 0 Å². The van der Waals surface area contributed by atoms with E-state index in [-0.39, 0.29) is 30.2 Å². The van der Waals surface area contributed by atoms with Gasteiger partial charge in [-0.3, -0.25) is 4.79 Å². The lowest BCUT2D eigenvalue weighted by atomic mass is 9.97. The van der Waals surface area contributed by atoms with Crippen LogP contribution in [-0.4, -0.2) is 31.7 Å². The molecule has 0 saturated carbocycles. The molecule has 0 aliphatic carbocycles.